The van der Waals surface area contributed by atoms with E-state index in [1.165, 1.54) is 10.5 Å². The summed E-state index contributed by atoms with van der Waals surface area (Å²) in [4.78, 5) is 1.38. The van der Waals surface area contributed by atoms with Gasteiger partial charge in [0.15, 0.2) is 0 Å². The van der Waals surface area contributed by atoms with Gasteiger partial charge in [0.1, 0.15) is 0 Å². The van der Waals surface area contributed by atoms with Crippen LogP contribution < -0.4 is 5.32 Å². The second-order valence-electron chi connectivity index (χ2n) is 3.87. The van der Waals surface area contributed by atoms with Crippen LogP contribution in [-0.4, -0.2) is 23.5 Å². The number of rotatable bonds is 4. The van der Waals surface area contributed by atoms with Crippen molar-refractivity contribution < 1.29 is 5.11 Å². The van der Waals surface area contributed by atoms with Crippen LogP contribution in [0.1, 0.15) is 24.9 Å². The lowest BCUT2D eigenvalue weighted by molar-refractivity contribution is 0.164. The number of aliphatic hydroxyl groups is 1. The first-order valence-corrected chi connectivity index (χ1v) is 6.43. The lowest BCUT2D eigenvalue weighted by atomic mass is 10.1. The number of nitrogens with one attached hydrogen (secondary N) is 1. The van der Waals surface area contributed by atoms with Crippen molar-refractivity contribution in [2.45, 2.75) is 30.4 Å². The number of benzene rings is 1. The molecule has 0 saturated carbocycles. The Morgan fingerprint density at radius 2 is 2.33 bits per heavy atom. The molecule has 0 spiro atoms. The van der Waals surface area contributed by atoms with Gasteiger partial charge in [0.25, 0.3) is 0 Å². The normalized spacial score (nSPS) is 21.3. The zero-order valence-corrected chi connectivity index (χ0v) is 9.76. The third-order valence-electron chi connectivity index (χ3n) is 2.77. The smallest absolute Gasteiger partial charge is 0.0662 e. The monoisotopic (exact) mass is 223 g/mol. The maximum Gasteiger partial charge on any atom is 0.0662 e. The molecule has 2 nitrogen and oxygen atoms in total. The van der Waals surface area contributed by atoms with Crippen LogP contribution in [0.15, 0.2) is 29.2 Å². The molecular formula is C12H17NOS. The molecule has 0 bridgehead atoms. The van der Waals surface area contributed by atoms with Gasteiger partial charge in [-0.1, -0.05) is 25.1 Å². The molecule has 0 radical (unpaired) electrons. The van der Waals surface area contributed by atoms with E-state index in [2.05, 4.69) is 29.6 Å². The van der Waals surface area contributed by atoms with E-state index in [1.54, 1.807) is 0 Å². The Hall–Kier alpha value is -0.510. The van der Waals surface area contributed by atoms with Crippen molar-refractivity contribution in [2.75, 3.05) is 12.3 Å². The maximum absolute atomic E-state index is 9.50. The maximum atomic E-state index is 9.50. The van der Waals surface area contributed by atoms with Crippen molar-refractivity contribution in [3.8, 4) is 0 Å². The van der Waals surface area contributed by atoms with Crippen molar-refractivity contribution in [2.24, 2.45) is 0 Å². The van der Waals surface area contributed by atoms with E-state index >= 15 is 0 Å². The quantitative estimate of drug-likeness (QED) is 0.820. The molecule has 1 aromatic rings. The average molecular weight is 223 g/mol. The van der Waals surface area contributed by atoms with Crippen molar-refractivity contribution in [1.82, 2.24) is 5.32 Å². The van der Waals surface area contributed by atoms with Gasteiger partial charge in [-0.25, -0.2) is 0 Å². The Bertz CT molecular complexity index is 329. The molecule has 1 heterocycles. The lowest BCUT2D eigenvalue weighted by Crippen LogP contribution is -2.30. The second-order valence-corrected chi connectivity index (χ2v) is 4.93. The molecule has 2 unspecified atom stereocenters. The van der Waals surface area contributed by atoms with Crippen LogP contribution in [0.5, 0.6) is 0 Å². The fourth-order valence-electron chi connectivity index (χ4n) is 1.75. The van der Waals surface area contributed by atoms with Crippen LogP contribution in [-0.2, 0) is 0 Å². The van der Waals surface area contributed by atoms with Crippen molar-refractivity contribution in [1.29, 1.82) is 0 Å². The molecule has 82 valence electrons. The van der Waals surface area contributed by atoms with Crippen LogP contribution in [0.25, 0.3) is 0 Å². The Kier molecular flexibility index (Phi) is 3.67. The van der Waals surface area contributed by atoms with E-state index in [0.29, 0.717) is 12.6 Å². The molecule has 0 saturated heterocycles. The SMILES string of the molecule is CCC(O)CNC1CSc2ccccc21. The minimum absolute atomic E-state index is 0.220. The van der Waals surface area contributed by atoms with E-state index in [4.69, 9.17) is 0 Å². The van der Waals surface area contributed by atoms with Crippen LogP contribution in [0.4, 0.5) is 0 Å². The lowest BCUT2D eigenvalue weighted by Gasteiger charge is -2.15. The third kappa shape index (κ3) is 2.54. The minimum atomic E-state index is -0.220. The standard InChI is InChI=1S/C12H17NOS/c1-2-9(14)7-13-11-8-15-12-6-4-3-5-10(11)12/h3-6,9,11,13-14H,2,7-8H2,1H3. The highest BCUT2D eigenvalue weighted by molar-refractivity contribution is 7.99. The Balaban J connectivity index is 1.96. The summed E-state index contributed by atoms with van der Waals surface area (Å²) in [7, 11) is 0. The fraction of sp³-hybridized carbons (Fsp3) is 0.500. The summed E-state index contributed by atoms with van der Waals surface area (Å²) < 4.78 is 0. The van der Waals surface area contributed by atoms with E-state index < -0.39 is 0 Å². The van der Waals surface area contributed by atoms with Gasteiger partial charge in [-0.3, -0.25) is 0 Å². The largest absolute Gasteiger partial charge is 0.392 e. The van der Waals surface area contributed by atoms with Crippen molar-refractivity contribution >= 4 is 11.8 Å². The summed E-state index contributed by atoms with van der Waals surface area (Å²) in [5.74, 6) is 1.08. The number of aliphatic hydroxyl groups excluding tert-OH is 1. The Morgan fingerprint density at radius 1 is 1.53 bits per heavy atom. The molecule has 1 aliphatic heterocycles. The summed E-state index contributed by atoms with van der Waals surface area (Å²) in [6.07, 6.45) is 0.594. The number of fused-ring (bicyclic) bond motifs is 1. The third-order valence-corrected chi connectivity index (χ3v) is 3.95. The van der Waals surface area contributed by atoms with Crippen LogP contribution in [0, 0.1) is 0 Å². The van der Waals surface area contributed by atoms with Gasteiger partial charge in [-0.05, 0) is 18.1 Å². The topological polar surface area (TPSA) is 32.3 Å². The molecule has 2 atom stereocenters. The number of hydrogen-bond donors (Lipinski definition) is 2. The second kappa shape index (κ2) is 5.01. The first-order valence-electron chi connectivity index (χ1n) is 5.44. The van der Waals surface area contributed by atoms with Gasteiger partial charge >= 0.3 is 0 Å². The molecule has 15 heavy (non-hydrogen) atoms. The molecule has 0 aliphatic carbocycles. The Labute approximate surface area is 95.1 Å². The summed E-state index contributed by atoms with van der Waals surface area (Å²) in [6, 6.07) is 8.90. The predicted molar refractivity (Wildman–Crippen MR) is 64.2 cm³/mol. The molecular weight excluding hydrogens is 206 g/mol. The van der Waals surface area contributed by atoms with Gasteiger partial charge < -0.3 is 10.4 Å². The molecule has 2 N–H and O–H groups in total. The van der Waals surface area contributed by atoms with Crippen molar-refractivity contribution in [3.05, 3.63) is 29.8 Å². The molecule has 2 rings (SSSR count). The zero-order valence-electron chi connectivity index (χ0n) is 8.94. The van der Waals surface area contributed by atoms with Gasteiger partial charge in [0.2, 0.25) is 0 Å². The molecule has 0 amide bonds. The van der Waals surface area contributed by atoms with Crippen LogP contribution in [0.2, 0.25) is 0 Å². The summed E-state index contributed by atoms with van der Waals surface area (Å²) >= 11 is 1.89. The predicted octanol–water partition coefficient (Wildman–Crippen LogP) is 2.19. The molecule has 3 heteroatoms. The van der Waals surface area contributed by atoms with Gasteiger partial charge in [-0.2, -0.15) is 0 Å². The fourth-order valence-corrected chi connectivity index (χ4v) is 2.95. The van der Waals surface area contributed by atoms with Gasteiger partial charge in [-0.15, -0.1) is 11.8 Å². The summed E-state index contributed by atoms with van der Waals surface area (Å²) in [5, 5.41) is 12.9. The van der Waals surface area contributed by atoms with E-state index in [0.717, 1.165) is 12.2 Å². The van der Waals surface area contributed by atoms with E-state index in [-0.39, 0.29) is 6.10 Å². The van der Waals surface area contributed by atoms with Gasteiger partial charge in [0.05, 0.1) is 6.10 Å². The van der Waals surface area contributed by atoms with Crippen molar-refractivity contribution in [3.63, 3.8) is 0 Å². The highest BCUT2D eigenvalue weighted by atomic mass is 32.2. The minimum Gasteiger partial charge on any atom is -0.392 e. The zero-order chi connectivity index (χ0) is 10.7. The van der Waals surface area contributed by atoms with Gasteiger partial charge in [0, 0.05) is 23.2 Å². The number of hydrogen-bond acceptors (Lipinski definition) is 3. The Morgan fingerprint density at radius 3 is 3.13 bits per heavy atom. The summed E-state index contributed by atoms with van der Waals surface area (Å²) in [5.41, 5.74) is 1.38. The highest BCUT2D eigenvalue weighted by Gasteiger charge is 2.22. The first kappa shape index (κ1) is 11.0. The average Bonchev–Trinajstić information content (AvgIpc) is 2.69. The van der Waals surface area contributed by atoms with Crippen LogP contribution >= 0.6 is 11.8 Å². The van der Waals surface area contributed by atoms with E-state index in [1.807, 2.05) is 18.7 Å². The molecule has 1 aromatic carbocycles. The first-order chi connectivity index (χ1) is 7.31. The molecule has 1 aliphatic rings. The molecule has 0 aromatic heterocycles. The van der Waals surface area contributed by atoms with Crippen LogP contribution in [0.3, 0.4) is 0 Å². The summed E-state index contributed by atoms with van der Waals surface area (Å²) in [6.45, 7) is 2.69. The highest BCUT2D eigenvalue weighted by Crippen LogP contribution is 2.37. The van der Waals surface area contributed by atoms with E-state index in [9.17, 15) is 5.11 Å². The molecule has 0 fully saturated rings. The number of thioether (sulfide) groups is 1.